The van der Waals surface area contributed by atoms with Gasteiger partial charge in [-0.2, -0.15) is 0 Å². The van der Waals surface area contributed by atoms with Crippen LogP contribution in [0.5, 0.6) is 0 Å². The fraction of sp³-hybridized carbons (Fsp3) is 0.727. The molecule has 7 atom stereocenters. The second-order valence-electron chi connectivity index (χ2n) is 9.57. The summed E-state index contributed by atoms with van der Waals surface area (Å²) in [6.07, 6.45) is 8.39. The molecule has 0 amide bonds. The topological polar surface area (TPSA) is 54.4 Å². The van der Waals surface area contributed by atoms with Gasteiger partial charge in [-0.1, -0.05) is 19.4 Å². The van der Waals surface area contributed by atoms with Crippen LogP contribution in [0.2, 0.25) is 0 Å². The van der Waals surface area contributed by atoms with Crippen molar-refractivity contribution >= 4 is 11.6 Å². The molecular weight excluding hydrogens is 312 g/mol. The number of fused-ring (bicyclic) bond motifs is 5. The van der Waals surface area contributed by atoms with Gasteiger partial charge >= 0.3 is 0 Å². The number of carbonyl (C=O) groups excluding carboxylic acids is 2. The van der Waals surface area contributed by atoms with Crippen LogP contribution in [0, 0.1) is 40.4 Å². The molecule has 0 spiro atoms. The summed E-state index contributed by atoms with van der Waals surface area (Å²) in [6, 6.07) is 0. The molecule has 4 rings (SSSR count). The summed E-state index contributed by atoms with van der Waals surface area (Å²) in [6.45, 7) is 8.50. The van der Waals surface area contributed by atoms with Gasteiger partial charge in [0.25, 0.3) is 0 Å². The van der Waals surface area contributed by atoms with Crippen molar-refractivity contribution in [1.29, 1.82) is 0 Å². The molecule has 0 aromatic heterocycles. The van der Waals surface area contributed by atoms with Crippen molar-refractivity contribution in [3.05, 3.63) is 23.5 Å². The number of Topliss-reactive ketones (excluding diaryl/α,β-unsaturated/α-hetero) is 1. The van der Waals surface area contributed by atoms with E-state index in [4.69, 9.17) is 0 Å². The van der Waals surface area contributed by atoms with Crippen LogP contribution in [0.1, 0.15) is 59.8 Å². The molecule has 136 valence electrons. The molecule has 0 saturated heterocycles. The Labute approximate surface area is 150 Å². The van der Waals surface area contributed by atoms with E-state index in [-0.39, 0.29) is 28.3 Å². The number of ketones is 2. The van der Waals surface area contributed by atoms with Crippen LogP contribution in [0.15, 0.2) is 23.5 Å². The number of aliphatic hydroxyl groups is 1. The molecule has 0 bridgehead atoms. The fourth-order valence-electron chi connectivity index (χ4n) is 7.53. The molecule has 4 aliphatic rings. The van der Waals surface area contributed by atoms with Crippen LogP contribution in [0.3, 0.4) is 0 Å². The van der Waals surface area contributed by atoms with E-state index in [9.17, 15) is 14.7 Å². The molecule has 0 aromatic carbocycles. The molecule has 1 unspecified atom stereocenters. The van der Waals surface area contributed by atoms with Crippen LogP contribution < -0.4 is 0 Å². The fourth-order valence-corrected chi connectivity index (χ4v) is 7.53. The number of aliphatic hydroxyl groups excluding tert-OH is 1. The minimum atomic E-state index is -0.379. The Morgan fingerprint density at radius 1 is 1.20 bits per heavy atom. The van der Waals surface area contributed by atoms with Gasteiger partial charge in [-0.25, -0.2) is 0 Å². The summed E-state index contributed by atoms with van der Waals surface area (Å²) >= 11 is 0. The molecule has 3 nitrogen and oxygen atoms in total. The minimum absolute atomic E-state index is 0.0739. The highest BCUT2D eigenvalue weighted by atomic mass is 16.3. The molecule has 4 aliphatic carbocycles. The average molecular weight is 342 g/mol. The second kappa shape index (κ2) is 5.31. The van der Waals surface area contributed by atoms with Crippen LogP contribution in [-0.4, -0.2) is 16.7 Å². The zero-order valence-corrected chi connectivity index (χ0v) is 15.8. The van der Waals surface area contributed by atoms with E-state index in [1.165, 1.54) is 6.08 Å². The number of allylic oxidation sites excluding steroid dienone is 3. The number of hydrogen-bond acceptors (Lipinski definition) is 3. The van der Waals surface area contributed by atoms with Gasteiger partial charge in [-0.05, 0) is 81.1 Å². The van der Waals surface area contributed by atoms with E-state index in [0.29, 0.717) is 29.5 Å². The van der Waals surface area contributed by atoms with E-state index in [1.54, 1.807) is 13.0 Å². The Balaban J connectivity index is 1.73. The molecule has 3 fully saturated rings. The Morgan fingerprint density at radius 3 is 2.60 bits per heavy atom. The zero-order valence-electron chi connectivity index (χ0n) is 15.8. The Bertz CT molecular complexity index is 702. The van der Waals surface area contributed by atoms with Gasteiger partial charge in [0.15, 0.2) is 5.78 Å². The Hall–Kier alpha value is -1.38. The SMILES string of the molecule is CC(=O)[C@H]1C(C)C[C@H]2[C@@H]3CCC4=CC(=O)C=C(O)[C@]4(C)[C@H]3CC[C@]12C. The highest BCUT2D eigenvalue weighted by molar-refractivity contribution is 6.01. The maximum absolute atomic E-state index is 12.4. The maximum Gasteiger partial charge on any atom is 0.181 e. The predicted octanol–water partition coefficient (Wildman–Crippen LogP) is 4.63. The van der Waals surface area contributed by atoms with Crippen molar-refractivity contribution in [3.8, 4) is 0 Å². The standard InChI is InChI=1S/C22H30O3/c1-12-9-18-16-6-5-14-10-15(24)11-19(25)22(14,4)17(16)7-8-21(18,3)20(12)13(2)23/h10-12,16-18,20,25H,5-9H2,1-4H3/t12?,16-,17+,18+,20-,21+,22+/m1/s1. The lowest BCUT2D eigenvalue weighted by molar-refractivity contribution is -0.129. The average Bonchev–Trinajstić information content (AvgIpc) is 2.79. The first-order chi connectivity index (χ1) is 11.7. The zero-order chi connectivity index (χ0) is 18.1. The first-order valence-electron chi connectivity index (χ1n) is 9.86. The van der Waals surface area contributed by atoms with Crippen molar-refractivity contribution in [1.82, 2.24) is 0 Å². The van der Waals surface area contributed by atoms with Crippen LogP contribution in [-0.2, 0) is 9.59 Å². The van der Waals surface area contributed by atoms with E-state index >= 15 is 0 Å². The summed E-state index contributed by atoms with van der Waals surface area (Å²) in [5.41, 5.74) is 0.847. The van der Waals surface area contributed by atoms with Gasteiger partial charge < -0.3 is 5.11 Å². The highest BCUT2D eigenvalue weighted by Gasteiger charge is 2.62. The number of carbonyl (C=O) groups is 2. The van der Waals surface area contributed by atoms with Gasteiger partial charge in [-0.3, -0.25) is 9.59 Å². The molecule has 0 aliphatic heterocycles. The molecule has 0 radical (unpaired) electrons. The lowest BCUT2D eigenvalue weighted by Crippen LogP contribution is -2.51. The van der Waals surface area contributed by atoms with Crippen molar-refractivity contribution in [2.45, 2.75) is 59.8 Å². The van der Waals surface area contributed by atoms with Gasteiger partial charge in [0.05, 0.1) is 0 Å². The lowest BCUT2D eigenvalue weighted by atomic mass is 9.47. The number of rotatable bonds is 1. The first-order valence-corrected chi connectivity index (χ1v) is 9.86. The van der Waals surface area contributed by atoms with Crippen molar-refractivity contribution in [3.63, 3.8) is 0 Å². The van der Waals surface area contributed by atoms with Gasteiger partial charge in [0, 0.05) is 17.4 Å². The molecule has 3 heteroatoms. The van der Waals surface area contributed by atoms with Crippen LogP contribution >= 0.6 is 0 Å². The largest absolute Gasteiger partial charge is 0.511 e. The molecular formula is C22H30O3. The van der Waals surface area contributed by atoms with Crippen molar-refractivity contribution < 1.29 is 14.7 Å². The van der Waals surface area contributed by atoms with Gasteiger partial charge in [0.2, 0.25) is 0 Å². The van der Waals surface area contributed by atoms with Crippen LogP contribution in [0.25, 0.3) is 0 Å². The molecule has 0 heterocycles. The van der Waals surface area contributed by atoms with E-state index < -0.39 is 0 Å². The second-order valence-corrected chi connectivity index (χ2v) is 9.57. The molecule has 0 aromatic rings. The highest BCUT2D eigenvalue weighted by Crippen LogP contribution is 2.67. The Morgan fingerprint density at radius 2 is 1.92 bits per heavy atom. The lowest BCUT2D eigenvalue weighted by Gasteiger charge is -2.57. The van der Waals surface area contributed by atoms with Crippen LogP contribution in [0.4, 0.5) is 0 Å². The summed E-state index contributed by atoms with van der Waals surface area (Å²) in [5, 5.41) is 10.7. The third-order valence-corrected chi connectivity index (χ3v) is 8.50. The monoisotopic (exact) mass is 342 g/mol. The quantitative estimate of drug-likeness (QED) is 0.756. The normalized spacial score (nSPS) is 48.8. The van der Waals surface area contributed by atoms with E-state index in [2.05, 4.69) is 20.8 Å². The smallest absolute Gasteiger partial charge is 0.181 e. The van der Waals surface area contributed by atoms with Gasteiger partial charge in [0.1, 0.15) is 11.5 Å². The number of hydrogen-bond donors (Lipinski definition) is 1. The van der Waals surface area contributed by atoms with Gasteiger partial charge in [-0.15, -0.1) is 0 Å². The summed E-state index contributed by atoms with van der Waals surface area (Å²) in [5.74, 6) is 2.65. The van der Waals surface area contributed by atoms with Crippen molar-refractivity contribution in [2.24, 2.45) is 40.4 Å². The predicted molar refractivity (Wildman–Crippen MR) is 96.9 cm³/mol. The van der Waals surface area contributed by atoms with E-state index in [1.807, 2.05) is 0 Å². The summed E-state index contributed by atoms with van der Waals surface area (Å²) < 4.78 is 0. The first kappa shape index (κ1) is 17.1. The summed E-state index contributed by atoms with van der Waals surface area (Å²) in [4.78, 5) is 24.2. The van der Waals surface area contributed by atoms with E-state index in [0.717, 1.165) is 37.7 Å². The molecule has 3 saturated carbocycles. The third-order valence-electron chi connectivity index (χ3n) is 8.50. The van der Waals surface area contributed by atoms with Crippen molar-refractivity contribution in [2.75, 3.05) is 0 Å². The molecule has 25 heavy (non-hydrogen) atoms. The Kier molecular flexibility index (Phi) is 3.62. The third kappa shape index (κ3) is 2.10. The maximum atomic E-state index is 12.4. The minimum Gasteiger partial charge on any atom is -0.511 e. The molecule has 1 N–H and O–H groups in total. The summed E-state index contributed by atoms with van der Waals surface area (Å²) in [7, 11) is 0.